The maximum Gasteiger partial charge on any atom is 0.238 e. The predicted molar refractivity (Wildman–Crippen MR) is 61.5 cm³/mol. The van der Waals surface area contributed by atoms with Gasteiger partial charge in [0.1, 0.15) is 0 Å². The smallest absolute Gasteiger partial charge is 0.238 e. The molecule has 0 radical (unpaired) electrons. The molecule has 0 spiro atoms. The van der Waals surface area contributed by atoms with Crippen molar-refractivity contribution in [3.8, 4) is 0 Å². The van der Waals surface area contributed by atoms with Gasteiger partial charge in [0.2, 0.25) is 12.2 Å². The van der Waals surface area contributed by atoms with Gasteiger partial charge in [-0.3, -0.25) is 0 Å². The van der Waals surface area contributed by atoms with Crippen LogP contribution in [-0.2, 0) is 0 Å². The molecule has 0 saturated heterocycles. The zero-order valence-corrected chi connectivity index (χ0v) is 10.2. The SMILES string of the molecule is CCCCCCC(CC)C1(O)N=NC(O)N1. The van der Waals surface area contributed by atoms with Crippen molar-refractivity contribution in [3.05, 3.63) is 0 Å². The lowest BCUT2D eigenvalue weighted by atomic mass is 9.93. The van der Waals surface area contributed by atoms with Gasteiger partial charge in [0, 0.05) is 5.92 Å². The summed E-state index contributed by atoms with van der Waals surface area (Å²) in [5, 5.41) is 29.2. The highest BCUT2D eigenvalue weighted by Crippen LogP contribution is 2.29. The van der Waals surface area contributed by atoms with Gasteiger partial charge in [-0.2, -0.15) is 0 Å². The van der Waals surface area contributed by atoms with E-state index in [1.165, 1.54) is 19.3 Å². The van der Waals surface area contributed by atoms with Crippen LogP contribution in [-0.4, -0.2) is 22.4 Å². The Labute approximate surface area is 97.0 Å². The van der Waals surface area contributed by atoms with Crippen molar-refractivity contribution in [2.45, 2.75) is 64.6 Å². The summed E-state index contributed by atoms with van der Waals surface area (Å²) in [5.41, 5.74) is 0. The fourth-order valence-electron chi connectivity index (χ4n) is 2.10. The molecule has 94 valence electrons. The molecule has 3 N–H and O–H groups in total. The molecule has 16 heavy (non-hydrogen) atoms. The molecule has 0 aliphatic carbocycles. The van der Waals surface area contributed by atoms with E-state index >= 15 is 0 Å². The Morgan fingerprint density at radius 2 is 2.06 bits per heavy atom. The number of hydrogen-bond acceptors (Lipinski definition) is 5. The Bertz CT molecular complexity index is 235. The van der Waals surface area contributed by atoms with E-state index in [9.17, 15) is 10.2 Å². The molecule has 0 aromatic carbocycles. The van der Waals surface area contributed by atoms with E-state index < -0.39 is 12.2 Å². The summed E-state index contributed by atoms with van der Waals surface area (Å²) in [7, 11) is 0. The van der Waals surface area contributed by atoms with Crippen LogP contribution in [0.3, 0.4) is 0 Å². The molecule has 1 aliphatic heterocycles. The lowest BCUT2D eigenvalue weighted by molar-refractivity contribution is -0.0597. The monoisotopic (exact) mass is 229 g/mol. The molecular formula is C11H23N3O2. The van der Waals surface area contributed by atoms with Gasteiger partial charge in [0.15, 0.2) is 0 Å². The first-order valence-electron chi connectivity index (χ1n) is 6.22. The number of nitrogens with zero attached hydrogens (tertiary/aromatic N) is 2. The lowest BCUT2D eigenvalue weighted by Crippen LogP contribution is -2.49. The molecule has 0 amide bonds. The highest BCUT2D eigenvalue weighted by molar-refractivity contribution is 4.84. The molecule has 1 rings (SSSR count). The maximum atomic E-state index is 10.1. The van der Waals surface area contributed by atoms with Gasteiger partial charge in [-0.25, -0.2) is 5.32 Å². The number of aliphatic hydroxyl groups excluding tert-OH is 1. The lowest BCUT2D eigenvalue weighted by Gasteiger charge is -2.28. The summed E-state index contributed by atoms with van der Waals surface area (Å²) in [6.07, 6.45) is 5.37. The summed E-state index contributed by atoms with van der Waals surface area (Å²) in [6.45, 7) is 4.19. The minimum Gasteiger partial charge on any atom is -0.358 e. The first-order valence-corrected chi connectivity index (χ1v) is 6.22. The van der Waals surface area contributed by atoms with Gasteiger partial charge >= 0.3 is 0 Å². The fourth-order valence-corrected chi connectivity index (χ4v) is 2.10. The second kappa shape index (κ2) is 6.27. The average Bonchev–Trinajstić information content (AvgIpc) is 2.60. The molecule has 1 heterocycles. The third kappa shape index (κ3) is 3.50. The number of azo groups is 1. The molecule has 3 atom stereocenters. The van der Waals surface area contributed by atoms with E-state index in [0.717, 1.165) is 19.3 Å². The summed E-state index contributed by atoms with van der Waals surface area (Å²) >= 11 is 0. The van der Waals surface area contributed by atoms with Crippen LogP contribution in [0.15, 0.2) is 10.2 Å². The third-order valence-corrected chi connectivity index (χ3v) is 3.13. The van der Waals surface area contributed by atoms with Crippen molar-refractivity contribution >= 4 is 0 Å². The van der Waals surface area contributed by atoms with Crippen LogP contribution in [0.1, 0.15) is 52.4 Å². The van der Waals surface area contributed by atoms with Crippen molar-refractivity contribution in [2.24, 2.45) is 16.1 Å². The molecule has 0 aromatic heterocycles. The molecule has 3 unspecified atom stereocenters. The van der Waals surface area contributed by atoms with Crippen molar-refractivity contribution in [1.82, 2.24) is 5.32 Å². The van der Waals surface area contributed by atoms with Crippen molar-refractivity contribution in [2.75, 3.05) is 0 Å². The van der Waals surface area contributed by atoms with E-state index in [1.807, 2.05) is 6.92 Å². The number of rotatable bonds is 7. The second-order valence-electron chi connectivity index (χ2n) is 4.41. The zero-order chi connectivity index (χ0) is 12.0. The van der Waals surface area contributed by atoms with Crippen molar-refractivity contribution < 1.29 is 10.2 Å². The number of hydrogen-bond donors (Lipinski definition) is 3. The van der Waals surface area contributed by atoms with Crippen molar-refractivity contribution in [3.63, 3.8) is 0 Å². The van der Waals surface area contributed by atoms with Crippen LogP contribution in [0.5, 0.6) is 0 Å². The van der Waals surface area contributed by atoms with Crippen LogP contribution in [0, 0.1) is 5.92 Å². The predicted octanol–water partition coefficient (Wildman–Crippen LogP) is 1.96. The van der Waals surface area contributed by atoms with Gasteiger partial charge in [-0.05, 0) is 12.8 Å². The minimum absolute atomic E-state index is 0.0188. The molecule has 0 aromatic rings. The Morgan fingerprint density at radius 3 is 2.56 bits per heavy atom. The summed E-state index contributed by atoms with van der Waals surface area (Å²) in [4.78, 5) is 0. The molecule has 0 fully saturated rings. The minimum atomic E-state index is -1.36. The van der Waals surface area contributed by atoms with E-state index in [1.54, 1.807) is 0 Å². The van der Waals surface area contributed by atoms with Gasteiger partial charge in [-0.1, -0.05) is 39.5 Å². The van der Waals surface area contributed by atoms with Crippen LogP contribution < -0.4 is 5.32 Å². The Morgan fingerprint density at radius 1 is 1.31 bits per heavy atom. The first kappa shape index (κ1) is 13.5. The van der Waals surface area contributed by atoms with Gasteiger partial charge in [0.25, 0.3) is 0 Å². The Balaban J connectivity index is 2.38. The third-order valence-electron chi connectivity index (χ3n) is 3.13. The largest absolute Gasteiger partial charge is 0.358 e. The summed E-state index contributed by atoms with van der Waals surface area (Å²) < 4.78 is 0. The molecular weight excluding hydrogens is 206 g/mol. The highest BCUT2D eigenvalue weighted by Gasteiger charge is 2.40. The molecule has 5 nitrogen and oxygen atoms in total. The van der Waals surface area contributed by atoms with Gasteiger partial charge < -0.3 is 10.2 Å². The molecule has 0 saturated carbocycles. The van der Waals surface area contributed by atoms with Gasteiger partial charge in [-0.15, -0.1) is 10.2 Å². The van der Waals surface area contributed by atoms with E-state index in [-0.39, 0.29) is 5.92 Å². The topological polar surface area (TPSA) is 77.2 Å². The average molecular weight is 229 g/mol. The number of aliphatic hydroxyl groups is 2. The Kier molecular flexibility index (Phi) is 5.31. The van der Waals surface area contributed by atoms with Gasteiger partial charge in [0.05, 0.1) is 0 Å². The van der Waals surface area contributed by atoms with Crippen LogP contribution >= 0.6 is 0 Å². The van der Waals surface area contributed by atoms with Crippen molar-refractivity contribution in [1.29, 1.82) is 0 Å². The van der Waals surface area contributed by atoms with E-state index in [2.05, 4.69) is 22.5 Å². The van der Waals surface area contributed by atoms with Crippen LogP contribution in [0.25, 0.3) is 0 Å². The van der Waals surface area contributed by atoms with E-state index in [4.69, 9.17) is 0 Å². The number of unbranched alkanes of at least 4 members (excludes halogenated alkanes) is 3. The van der Waals surface area contributed by atoms with E-state index in [0.29, 0.717) is 0 Å². The molecule has 1 aliphatic rings. The highest BCUT2D eigenvalue weighted by atomic mass is 16.4. The quantitative estimate of drug-likeness (QED) is 0.584. The normalized spacial score (nSPS) is 30.9. The fraction of sp³-hybridized carbons (Fsp3) is 1.00. The van der Waals surface area contributed by atoms with Crippen LogP contribution in [0.2, 0.25) is 0 Å². The Hall–Kier alpha value is -0.520. The maximum absolute atomic E-state index is 10.1. The zero-order valence-electron chi connectivity index (χ0n) is 10.2. The summed E-state index contributed by atoms with van der Waals surface area (Å²) in [5.74, 6) is -1.34. The molecule has 0 bridgehead atoms. The first-order chi connectivity index (χ1) is 7.62. The molecule has 5 heteroatoms. The standard InChI is InChI=1S/C11H23N3O2/c1-3-5-6-7-8-9(4-2)11(16)12-10(15)13-14-11/h9-10,12,15-16H,3-8H2,1-2H3. The van der Waals surface area contributed by atoms with Crippen LogP contribution in [0.4, 0.5) is 0 Å². The second-order valence-corrected chi connectivity index (χ2v) is 4.41. The number of nitrogens with one attached hydrogen (secondary N) is 1. The summed E-state index contributed by atoms with van der Waals surface area (Å²) in [6, 6.07) is 0.